The van der Waals surface area contributed by atoms with Gasteiger partial charge in [-0.25, -0.2) is 12.0 Å². The Balaban J connectivity index is 0.00000162. The third-order valence-electron chi connectivity index (χ3n) is 3.03. The van der Waals surface area contributed by atoms with Crippen molar-refractivity contribution >= 4 is 0 Å². The van der Waals surface area contributed by atoms with Crippen molar-refractivity contribution in [1.82, 2.24) is 0 Å². The van der Waals surface area contributed by atoms with Gasteiger partial charge < -0.3 is 0 Å². The van der Waals surface area contributed by atoms with Gasteiger partial charge in [0.15, 0.2) is 0 Å². The number of allylic oxidation sites excluding steroid dienone is 6. The Bertz CT molecular complexity index is 466. The number of hydrogen-bond donors (Lipinski definition) is 0. The maximum Gasteiger partial charge on any atom is 0 e. The molecule has 0 radical (unpaired) electrons. The first kappa shape index (κ1) is 15.1. The third-order valence-corrected chi connectivity index (χ3v) is 3.03. The van der Waals surface area contributed by atoms with Gasteiger partial charge in [0, 0.05) is 21.1 Å². The van der Waals surface area contributed by atoms with Crippen molar-refractivity contribution in [3.63, 3.8) is 0 Å². The number of rotatable bonds is 2. The van der Waals surface area contributed by atoms with Gasteiger partial charge in [-0.05, 0) is 6.92 Å². The fourth-order valence-corrected chi connectivity index (χ4v) is 2.24. The first-order valence-electron chi connectivity index (χ1n) is 6.18. The zero-order valence-electron chi connectivity index (χ0n) is 11.0. The molecule has 94 valence electrons. The summed E-state index contributed by atoms with van der Waals surface area (Å²) in [6, 6.07) is 8.75. The molecule has 18 heavy (non-hydrogen) atoms. The molecule has 1 aliphatic rings. The Kier molecular flexibility index (Phi) is 6.22. The molecule has 1 aromatic carbocycles. The molecule has 1 aliphatic carbocycles. The van der Waals surface area contributed by atoms with Gasteiger partial charge in [0.05, 0.1) is 0 Å². The van der Waals surface area contributed by atoms with Crippen molar-refractivity contribution in [3.8, 4) is 0 Å². The molecule has 0 spiro atoms. The molecule has 0 fully saturated rings. The van der Waals surface area contributed by atoms with Crippen LogP contribution in [0.25, 0.3) is 0 Å². The van der Waals surface area contributed by atoms with Gasteiger partial charge in [-0.2, -0.15) is 5.57 Å². The summed E-state index contributed by atoms with van der Waals surface area (Å²) in [7, 11) is 0. The predicted octanol–water partition coefficient (Wildman–Crippen LogP) is 4.44. The van der Waals surface area contributed by atoms with Crippen molar-refractivity contribution in [3.05, 3.63) is 77.3 Å². The molecule has 2 rings (SSSR count). The van der Waals surface area contributed by atoms with E-state index in [1.54, 1.807) is 0 Å². The van der Waals surface area contributed by atoms with E-state index >= 15 is 0 Å². The number of hydrogen-bond acceptors (Lipinski definition) is 0. The molecule has 0 nitrogen and oxygen atoms in total. The van der Waals surface area contributed by atoms with Crippen LogP contribution >= 0.6 is 0 Å². The standard InChI is InChI=1S/C17H19.W/c1-3-4-5-8-15-11-14(2)12-16-9-6-7-10-17(16)13-15;/h3-11H,12-13H2,1-2H3;/q-1;/b4-3-,8-5-;. The second-order valence-corrected chi connectivity index (χ2v) is 4.57. The second kappa shape index (κ2) is 7.44. The average molecular weight is 407 g/mol. The molecule has 0 N–H and O–H groups in total. The molecular formula is C17H19W-. The molecule has 1 aromatic rings. The molecule has 0 aliphatic heterocycles. The van der Waals surface area contributed by atoms with E-state index in [0.717, 1.165) is 12.8 Å². The maximum absolute atomic E-state index is 2.32. The predicted molar refractivity (Wildman–Crippen MR) is 74.8 cm³/mol. The van der Waals surface area contributed by atoms with Gasteiger partial charge in [-0.1, -0.05) is 66.5 Å². The fraction of sp³-hybridized carbons (Fsp3) is 0.235. The minimum atomic E-state index is 0. The van der Waals surface area contributed by atoms with Crippen LogP contribution < -0.4 is 0 Å². The minimum Gasteiger partial charge on any atom is -0.222 e. The van der Waals surface area contributed by atoms with Gasteiger partial charge in [0.25, 0.3) is 0 Å². The van der Waals surface area contributed by atoms with E-state index in [1.807, 2.05) is 6.92 Å². The van der Waals surface area contributed by atoms with E-state index in [1.165, 1.54) is 22.6 Å². The largest absolute Gasteiger partial charge is 0.222 e. The minimum absolute atomic E-state index is 0. The van der Waals surface area contributed by atoms with Crippen molar-refractivity contribution in [2.75, 3.05) is 0 Å². The van der Waals surface area contributed by atoms with Crippen LogP contribution in [0.5, 0.6) is 0 Å². The molecule has 0 heterocycles. The summed E-state index contributed by atoms with van der Waals surface area (Å²) in [6.45, 7) is 4.25. The van der Waals surface area contributed by atoms with E-state index in [0.29, 0.717) is 0 Å². The van der Waals surface area contributed by atoms with E-state index in [9.17, 15) is 0 Å². The molecule has 0 atom stereocenters. The third kappa shape index (κ3) is 4.03. The average Bonchev–Trinajstić information content (AvgIpc) is 2.47. The molecule has 1 heteroatoms. The van der Waals surface area contributed by atoms with Crippen LogP contribution in [-0.4, -0.2) is 0 Å². The van der Waals surface area contributed by atoms with Crippen LogP contribution in [0, 0.1) is 5.92 Å². The van der Waals surface area contributed by atoms with Crippen molar-refractivity contribution in [2.45, 2.75) is 26.7 Å². The molecule has 0 unspecified atom stereocenters. The number of fused-ring (bicyclic) bond motifs is 1. The van der Waals surface area contributed by atoms with Gasteiger partial charge in [0.1, 0.15) is 0 Å². The maximum atomic E-state index is 2.32. The molecular weight excluding hydrogens is 388 g/mol. The van der Waals surface area contributed by atoms with Crippen molar-refractivity contribution < 1.29 is 21.1 Å². The SMILES string of the molecule is C/C=C\C=C/C1=C[C-](C)Cc2ccccc2C1.[W]. The van der Waals surface area contributed by atoms with E-state index in [-0.39, 0.29) is 21.1 Å². The molecule has 0 saturated heterocycles. The summed E-state index contributed by atoms with van der Waals surface area (Å²) in [4.78, 5) is 0. The van der Waals surface area contributed by atoms with Crippen LogP contribution in [0.2, 0.25) is 0 Å². The zero-order valence-corrected chi connectivity index (χ0v) is 14.0. The van der Waals surface area contributed by atoms with Crippen LogP contribution in [0.15, 0.2) is 60.2 Å². The van der Waals surface area contributed by atoms with Gasteiger partial charge in [-0.15, -0.1) is 13.0 Å². The molecule has 0 aromatic heterocycles. The van der Waals surface area contributed by atoms with Crippen LogP contribution in [0.1, 0.15) is 25.0 Å². The van der Waals surface area contributed by atoms with Gasteiger partial charge >= 0.3 is 0 Å². The molecule has 0 bridgehead atoms. The number of benzene rings is 1. The van der Waals surface area contributed by atoms with Gasteiger partial charge in [-0.3, -0.25) is 0 Å². The summed E-state index contributed by atoms with van der Waals surface area (Å²) in [5, 5.41) is 0. The Morgan fingerprint density at radius 2 is 1.83 bits per heavy atom. The van der Waals surface area contributed by atoms with E-state index < -0.39 is 0 Å². The van der Waals surface area contributed by atoms with Crippen molar-refractivity contribution in [2.24, 2.45) is 0 Å². The zero-order chi connectivity index (χ0) is 12.1. The fourth-order valence-electron chi connectivity index (χ4n) is 2.24. The van der Waals surface area contributed by atoms with Crippen LogP contribution in [-0.2, 0) is 33.9 Å². The second-order valence-electron chi connectivity index (χ2n) is 4.57. The first-order chi connectivity index (χ1) is 8.29. The normalized spacial score (nSPS) is 15.2. The molecule has 0 saturated carbocycles. The Morgan fingerprint density at radius 1 is 1.11 bits per heavy atom. The topological polar surface area (TPSA) is 0 Å². The Labute approximate surface area is 125 Å². The van der Waals surface area contributed by atoms with Gasteiger partial charge in [0.2, 0.25) is 0 Å². The monoisotopic (exact) mass is 407 g/mol. The summed E-state index contributed by atoms with van der Waals surface area (Å²) in [5.41, 5.74) is 4.32. The summed E-state index contributed by atoms with van der Waals surface area (Å²) >= 11 is 0. The summed E-state index contributed by atoms with van der Waals surface area (Å²) < 4.78 is 0. The molecule has 0 amide bonds. The van der Waals surface area contributed by atoms with Crippen molar-refractivity contribution in [1.29, 1.82) is 0 Å². The summed E-state index contributed by atoms with van der Waals surface area (Å²) in [6.07, 6.45) is 12.9. The smallest absolute Gasteiger partial charge is 0 e. The Morgan fingerprint density at radius 3 is 2.56 bits per heavy atom. The first-order valence-corrected chi connectivity index (χ1v) is 6.18. The van der Waals surface area contributed by atoms with E-state index in [2.05, 4.69) is 61.6 Å². The van der Waals surface area contributed by atoms with Crippen LogP contribution in [0.3, 0.4) is 0 Å². The Hall–Kier alpha value is -1.00. The van der Waals surface area contributed by atoms with Crippen LogP contribution in [0.4, 0.5) is 0 Å². The summed E-state index contributed by atoms with van der Waals surface area (Å²) in [5.74, 6) is 1.44. The quantitative estimate of drug-likeness (QED) is 0.503. The van der Waals surface area contributed by atoms with E-state index in [4.69, 9.17) is 0 Å².